The summed E-state index contributed by atoms with van der Waals surface area (Å²) in [6.07, 6.45) is 0. The lowest BCUT2D eigenvalue weighted by molar-refractivity contribution is 0.0891. The topological polar surface area (TPSA) is 61.1 Å². The monoisotopic (exact) mass is 520 g/mol. The smallest absolute Gasteiger partial charge is 0.265 e. The first-order valence-corrected chi connectivity index (χ1v) is 13.2. The van der Waals surface area contributed by atoms with Crippen LogP contribution in [0, 0.1) is 6.92 Å². The van der Waals surface area contributed by atoms with Crippen LogP contribution in [0.3, 0.4) is 0 Å². The van der Waals surface area contributed by atoms with Crippen molar-refractivity contribution in [3.8, 4) is 22.6 Å². The first-order chi connectivity index (χ1) is 19.6. The van der Waals surface area contributed by atoms with Crippen molar-refractivity contribution in [2.45, 2.75) is 12.8 Å². The predicted octanol–water partition coefficient (Wildman–Crippen LogP) is 6.92. The molecule has 1 aliphatic carbocycles. The Morgan fingerprint density at radius 3 is 1.60 bits per heavy atom. The maximum atomic E-state index is 14.6. The van der Waals surface area contributed by atoms with Gasteiger partial charge in [-0.3, -0.25) is 19.0 Å². The van der Waals surface area contributed by atoms with Gasteiger partial charge >= 0.3 is 0 Å². The average Bonchev–Trinajstić information content (AvgIpc) is 3.45. The third-order valence-electron chi connectivity index (χ3n) is 7.71. The van der Waals surface area contributed by atoms with E-state index in [0.717, 1.165) is 22.6 Å². The molecular weight excluding hydrogens is 496 g/mol. The summed E-state index contributed by atoms with van der Waals surface area (Å²) < 4.78 is 3.68. The summed E-state index contributed by atoms with van der Waals surface area (Å²) in [5.41, 5.74) is 5.43. The van der Waals surface area contributed by atoms with Crippen molar-refractivity contribution in [3.05, 3.63) is 154 Å². The van der Waals surface area contributed by atoms with Crippen molar-refractivity contribution in [2.24, 2.45) is 0 Å². The standard InChI is InChI=1S/C35H24N2O3/c1-22-21-28-29(35(40)36(22)24-15-7-3-8-16-24)30(31-33(38)26-19-11-12-20-27(26)34(31)39)32(23-13-5-2-6-14-23)37(28)25-17-9-4-10-18-25/h2-21,31H,1H3. The molecule has 192 valence electrons. The van der Waals surface area contributed by atoms with Crippen LogP contribution >= 0.6 is 0 Å². The maximum absolute atomic E-state index is 14.6. The van der Waals surface area contributed by atoms with Crippen molar-refractivity contribution >= 4 is 22.5 Å². The molecule has 2 aromatic heterocycles. The fourth-order valence-electron chi connectivity index (χ4n) is 6.01. The minimum absolute atomic E-state index is 0.264. The number of ketones is 2. The number of hydrogen-bond acceptors (Lipinski definition) is 3. The quantitative estimate of drug-likeness (QED) is 0.237. The molecule has 0 radical (unpaired) electrons. The number of nitrogens with zero attached hydrogens (tertiary/aromatic N) is 2. The van der Waals surface area contributed by atoms with Gasteiger partial charge in [0.2, 0.25) is 0 Å². The number of aryl methyl sites for hydroxylation is 1. The SMILES string of the molecule is Cc1cc2c(c(C3C(=O)c4ccccc4C3=O)c(-c3ccccc3)n2-c2ccccc2)c(=O)n1-c1ccccc1. The number of hydrogen-bond donors (Lipinski definition) is 0. The zero-order chi connectivity index (χ0) is 27.4. The Morgan fingerprint density at radius 1 is 0.575 bits per heavy atom. The predicted molar refractivity (Wildman–Crippen MR) is 157 cm³/mol. The fraction of sp³-hybridized carbons (Fsp3) is 0.0571. The zero-order valence-corrected chi connectivity index (χ0v) is 21.7. The number of Topliss-reactive ketones (excluding diaryl/α,β-unsaturated/α-hetero) is 2. The van der Waals surface area contributed by atoms with E-state index in [4.69, 9.17) is 0 Å². The van der Waals surface area contributed by atoms with Gasteiger partial charge in [-0.15, -0.1) is 0 Å². The lowest BCUT2D eigenvalue weighted by Crippen LogP contribution is -2.23. The minimum Gasteiger partial charge on any atom is -0.309 e. The van der Waals surface area contributed by atoms with E-state index in [1.54, 1.807) is 28.8 Å². The van der Waals surface area contributed by atoms with Crippen LogP contribution in [0.2, 0.25) is 0 Å². The van der Waals surface area contributed by atoms with Crippen LogP contribution in [0.25, 0.3) is 33.5 Å². The summed E-state index contributed by atoms with van der Waals surface area (Å²) >= 11 is 0. The maximum Gasteiger partial charge on any atom is 0.265 e. The van der Waals surface area contributed by atoms with E-state index in [9.17, 15) is 14.4 Å². The van der Waals surface area contributed by atoms with Gasteiger partial charge in [-0.05, 0) is 42.8 Å². The molecule has 7 rings (SSSR count). The number of benzene rings is 4. The summed E-state index contributed by atoms with van der Waals surface area (Å²) in [5, 5.41) is 0.372. The largest absolute Gasteiger partial charge is 0.309 e. The molecule has 0 spiro atoms. The van der Waals surface area contributed by atoms with Gasteiger partial charge in [-0.1, -0.05) is 91.0 Å². The summed E-state index contributed by atoms with van der Waals surface area (Å²) in [6, 6.07) is 37.8. The Bertz CT molecular complexity index is 1970. The average molecular weight is 521 g/mol. The Labute approximate surface area is 230 Å². The highest BCUT2D eigenvalue weighted by Crippen LogP contribution is 2.44. The van der Waals surface area contributed by atoms with Crippen LogP contribution in [0.5, 0.6) is 0 Å². The third kappa shape index (κ3) is 3.45. The van der Waals surface area contributed by atoms with E-state index < -0.39 is 5.92 Å². The van der Waals surface area contributed by atoms with Gasteiger partial charge in [-0.2, -0.15) is 0 Å². The third-order valence-corrected chi connectivity index (χ3v) is 7.71. The van der Waals surface area contributed by atoms with Gasteiger partial charge in [-0.25, -0.2) is 0 Å². The number of para-hydroxylation sites is 2. The molecule has 40 heavy (non-hydrogen) atoms. The van der Waals surface area contributed by atoms with Crippen molar-refractivity contribution in [1.82, 2.24) is 9.13 Å². The van der Waals surface area contributed by atoms with Crippen molar-refractivity contribution < 1.29 is 9.59 Å². The first kappa shape index (κ1) is 23.8. The molecule has 0 fully saturated rings. The van der Waals surface area contributed by atoms with Crippen molar-refractivity contribution in [1.29, 1.82) is 0 Å². The zero-order valence-electron chi connectivity index (χ0n) is 21.7. The fourth-order valence-corrected chi connectivity index (χ4v) is 6.01. The molecule has 5 heteroatoms. The lowest BCUT2D eigenvalue weighted by atomic mass is 9.89. The number of carbonyl (C=O) groups is 2. The Morgan fingerprint density at radius 2 is 1.05 bits per heavy atom. The second-order valence-corrected chi connectivity index (χ2v) is 10.0. The molecule has 0 atom stereocenters. The Kier molecular flexibility index (Phi) is 5.46. The van der Waals surface area contributed by atoms with E-state index in [1.165, 1.54) is 0 Å². The van der Waals surface area contributed by atoms with Crippen molar-refractivity contribution in [3.63, 3.8) is 0 Å². The van der Waals surface area contributed by atoms with Gasteiger partial charge in [0.05, 0.1) is 16.6 Å². The van der Waals surface area contributed by atoms with Crippen LogP contribution in [-0.4, -0.2) is 20.7 Å². The van der Waals surface area contributed by atoms with Gasteiger partial charge in [0.25, 0.3) is 5.56 Å². The summed E-state index contributed by atoms with van der Waals surface area (Å²) in [7, 11) is 0. The van der Waals surface area contributed by atoms with E-state index in [0.29, 0.717) is 33.3 Å². The molecule has 0 N–H and O–H groups in total. The molecular formula is C35H24N2O3. The van der Waals surface area contributed by atoms with E-state index in [-0.39, 0.29) is 17.1 Å². The number of carbonyl (C=O) groups excluding carboxylic acids is 2. The van der Waals surface area contributed by atoms with Gasteiger partial charge < -0.3 is 4.57 Å². The number of fused-ring (bicyclic) bond motifs is 2. The number of rotatable bonds is 4. The molecule has 2 heterocycles. The summed E-state index contributed by atoms with van der Waals surface area (Å²) in [4.78, 5) is 42.5. The Balaban J connectivity index is 1.68. The van der Waals surface area contributed by atoms with Crippen molar-refractivity contribution in [2.75, 3.05) is 0 Å². The van der Waals surface area contributed by atoms with Crippen LogP contribution < -0.4 is 5.56 Å². The molecule has 0 amide bonds. The molecule has 6 aromatic rings. The molecule has 4 aromatic carbocycles. The molecule has 0 bridgehead atoms. The normalized spacial score (nSPS) is 13.2. The van der Waals surface area contributed by atoms with Crippen LogP contribution in [0.4, 0.5) is 0 Å². The highest BCUT2D eigenvalue weighted by molar-refractivity contribution is 6.31. The van der Waals surface area contributed by atoms with Crippen LogP contribution in [0.1, 0.15) is 37.9 Å². The second kappa shape index (κ2) is 9.17. The van der Waals surface area contributed by atoms with E-state index >= 15 is 0 Å². The highest BCUT2D eigenvalue weighted by Gasteiger charge is 2.43. The van der Waals surface area contributed by atoms with Gasteiger partial charge in [0.1, 0.15) is 5.92 Å². The molecule has 1 aliphatic rings. The molecule has 5 nitrogen and oxygen atoms in total. The number of aromatic nitrogens is 2. The van der Waals surface area contributed by atoms with E-state index in [1.807, 2.05) is 109 Å². The highest BCUT2D eigenvalue weighted by atomic mass is 16.2. The molecule has 0 saturated heterocycles. The number of pyridine rings is 1. The first-order valence-electron chi connectivity index (χ1n) is 13.2. The Hall–Kier alpha value is -5.29. The van der Waals surface area contributed by atoms with Gasteiger partial charge in [0.15, 0.2) is 11.6 Å². The van der Waals surface area contributed by atoms with Gasteiger partial charge in [0, 0.05) is 33.8 Å². The minimum atomic E-state index is -1.13. The molecule has 0 aliphatic heterocycles. The lowest BCUT2D eigenvalue weighted by Gasteiger charge is -2.15. The summed E-state index contributed by atoms with van der Waals surface area (Å²) in [6.45, 7) is 1.90. The second-order valence-electron chi connectivity index (χ2n) is 10.0. The summed E-state index contributed by atoms with van der Waals surface area (Å²) in [5.74, 6) is -1.69. The van der Waals surface area contributed by atoms with E-state index in [2.05, 4.69) is 0 Å². The van der Waals surface area contributed by atoms with Crippen LogP contribution in [0.15, 0.2) is 126 Å². The molecule has 0 unspecified atom stereocenters. The molecule has 0 saturated carbocycles. The van der Waals surface area contributed by atoms with Crippen LogP contribution in [-0.2, 0) is 0 Å².